The molecule has 0 spiro atoms. The number of halogens is 1. The number of aliphatic imine (C=N–C) groups is 1. The Morgan fingerprint density at radius 2 is 1.88 bits per heavy atom. The third kappa shape index (κ3) is 5.86. The fourth-order valence-corrected chi connectivity index (χ4v) is 5.08. The van der Waals surface area contributed by atoms with E-state index in [1.54, 1.807) is 42.2 Å². The van der Waals surface area contributed by atoms with E-state index in [0.29, 0.717) is 22.4 Å². The number of thioether (sulfide) groups is 1. The van der Waals surface area contributed by atoms with E-state index in [4.69, 9.17) is 9.47 Å². The van der Waals surface area contributed by atoms with Crippen molar-refractivity contribution in [3.8, 4) is 5.75 Å². The molecule has 2 aromatic rings. The first-order chi connectivity index (χ1) is 16.5. The van der Waals surface area contributed by atoms with Crippen molar-refractivity contribution in [2.75, 3.05) is 13.2 Å². The van der Waals surface area contributed by atoms with Crippen molar-refractivity contribution in [2.45, 2.75) is 45.1 Å². The monoisotopic (exact) mass is 482 g/mol. The Morgan fingerprint density at radius 1 is 1.15 bits per heavy atom. The first kappa shape index (κ1) is 24.0. The summed E-state index contributed by atoms with van der Waals surface area (Å²) >= 11 is 1.27. The van der Waals surface area contributed by atoms with Crippen LogP contribution in [0.4, 0.5) is 10.1 Å². The zero-order valence-electron chi connectivity index (χ0n) is 19.0. The molecule has 8 heteroatoms. The quantitative estimate of drug-likeness (QED) is 0.374. The average molecular weight is 483 g/mol. The van der Waals surface area contributed by atoms with Gasteiger partial charge >= 0.3 is 5.97 Å². The minimum Gasteiger partial charge on any atom is -0.482 e. The molecule has 1 aliphatic carbocycles. The van der Waals surface area contributed by atoms with Crippen molar-refractivity contribution in [3.05, 3.63) is 64.8 Å². The molecule has 2 fully saturated rings. The lowest BCUT2D eigenvalue weighted by Gasteiger charge is -2.30. The van der Waals surface area contributed by atoms with Gasteiger partial charge in [0.1, 0.15) is 17.3 Å². The molecule has 2 aliphatic rings. The van der Waals surface area contributed by atoms with Gasteiger partial charge in [0.25, 0.3) is 5.91 Å². The van der Waals surface area contributed by atoms with E-state index in [9.17, 15) is 14.0 Å². The molecule has 1 amide bonds. The zero-order valence-corrected chi connectivity index (χ0v) is 19.9. The van der Waals surface area contributed by atoms with Crippen LogP contribution < -0.4 is 4.74 Å². The minimum atomic E-state index is -0.425. The van der Waals surface area contributed by atoms with Crippen molar-refractivity contribution >= 4 is 40.6 Å². The van der Waals surface area contributed by atoms with Gasteiger partial charge in [0, 0.05) is 6.04 Å². The van der Waals surface area contributed by atoms with Gasteiger partial charge in [-0.25, -0.2) is 14.2 Å². The van der Waals surface area contributed by atoms with E-state index >= 15 is 0 Å². The number of amidine groups is 1. The Hall–Kier alpha value is -3.13. The maximum atomic E-state index is 14.3. The van der Waals surface area contributed by atoms with Gasteiger partial charge in [-0.3, -0.25) is 9.69 Å². The fraction of sp³-hybridized carbons (Fsp3) is 0.346. The summed E-state index contributed by atoms with van der Waals surface area (Å²) in [5, 5.41) is 0.516. The number of nitrogens with zero attached hydrogens (tertiary/aromatic N) is 2. The van der Waals surface area contributed by atoms with E-state index in [1.165, 1.54) is 24.2 Å². The van der Waals surface area contributed by atoms with Crippen molar-refractivity contribution in [1.29, 1.82) is 0 Å². The summed E-state index contributed by atoms with van der Waals surface area (Å²) < 4.78 is 24.6. The SMILES string of the molecule is CCOC(=O)COc1ccc(/C=C2\SC(=Nc3ccccc3F)N(C3CCCCC3)C2=O)cc1. The van der Waals surface area contributed by atoms with Gasteiger partial charge in [-0.05, 0) is 67.4 Å². The maximum absolute atomic E-state index is 14.3. The van der Waals surface area contributed by atoms with E-state index in [0.717, 1.165) is 31.2 Å². The van der Waals surface area contributed by atoms with Crippen LogP contribution in [0.5, 0.6) is 5.75 Å². The molecule has 178 valence electrons. The standard InChI is InChI=1S/C26H27FN2O4S/c1-2-32-24(30)17-33-20-14-12-18(13-15-20)16-23-25(31)29(19-8-4-3-5-9-19)26(34-23)28-22-11-7-6-10-21(22)27/h6-7,10-16,19H,2-5,8-9,17H2,1H3/b23-16-,28-26?. The van der Waals surface area contributed by atoms with Crippen LogP contribution in [0, 0.1) is 5.82 Å². The summed E-state index contributed by atoms with van der Waals surface area (Å²) in [6.07, 6.45) is 6.95. The van der Waals surface area contributed by atoms with E-state index in [1.807, 2.05) is 18.2 Å². The number of carbonyl (C=O) groups is 2. The van der Waals surface area contributed by atoms with Gasteiger partial charge in [0.15, 0.2) is 11.8 Å². The third-order valence-corrected chi connectivity index (χ3v) is 6.67. The topological polar surface area (TPSA) is 68.2 Å². The Morgan fingerprint density at radius 3 is 2.59 bits per heavy atom. The summed E-state index contributed by atoms with van der Waals surface area (Å²) in [7, 11) is 0. The lowest BCUT2D eigenvalue weighted by molar-refractivity contribution is -0.145. The number of esters is 1. The van der Waals surface area contributed by atoms with Crippen LogP contribution in [0.2, 0.25) is 0 Å². The third-order valence-electron chi connectivity index (χ3n) is 5.69. The Kier molecular flexibility index (Phi) is 8.00. The average Bonchev–Trinajstić information content (AvgIpc) is 3.15. The van der Waals surface area contributed by atoms with Crippen molar-refractivity contribution < 1.29 is 23.5 Å². The summed E-state index contributed by atoms with van der Waals surface area (Å²) in [5.74, 6) is -0.408. The van der Waals surface area contributed by atoms with Crippen LogP contribution in [0.1, 0.15) is 44.6 Å². The highest BCUT2D eigenvalue weighted by atomic mass is 32.2. The molecule has 1 saturated heterocycles. The normalized spacial score (nSPS) is 19.1. The molecule has 0 radical (unpaired) electrons. The number of rotatable bonds is 7. The maximum Gasteiger partial charge on any atom is 0.344 e. The molecule has 0 unspecified atom stereocenters. The first-order valence-electron chi connectivity index (χ1n) is 11.5. The number of para-hydroxylation sites is 1. The van der Waals surface area contributed by atoms with Crippen LogP contribution in [-0.4, -0.2) is 41.2 Å². The Labute approximate surface area is 202 Å². The van der Waals surface area contributed by atoms with Gasteiger partial charge in [-0.1, -0.05) is 43.5 Å². The number of benzene rings is 2. The fourth-order valence-electron chi connectivity index (χ4n) is 4.03. The molecule has 1 heterocycles. The van der Waals surface area contributed by atoms with Gasteiger partial charge in [-0.15, -0.1) is 0 Å². The summed E-state index contributed by atoms with van der Waals surface area (Å²) in [4.78, 5) is 31.7. The van der Waals surface area contributed by atoms with E-state index in [-0.39, 0.29) is 24.2 Å². The van der Waals surface area contributed by atoms with E-state index in [2.05, 4.69) is 4.99 Å². The second-order valence-electron chi connectivity index (χ2n) is 8.09. The van der Waals surface area contributed by atoms with Crippen LogP contribution in [-0.2, 0) is 14.3 Å². The molecular formula is C26H27FN2O4S. The van der Waals surface area contributed by atoms with Crippen LogP contribution in [0.25, 0.3) is 6.08 Å². The van der Waals surface area contributed by atoms with Gasteiger partial charge < -0.3 is 9.47 Å². The zero-order chi connectivity index (χ0) is 23.9. The molecule has 0 aromatic heterocycles. The predicted octanol–water partition coefficient (Wildman–Crippen LogP) is 5.70. The highest BCUT2D eigenvalue weighted by molar-refractivity contribution is 8.18. The Bertz CT molecular complexity index is 1090. The number of hydrogen-bond acceptors (Lipinski definition) is 6. The number of ether oxygens (including phenoxy) is 2. The second kappa shape index (κ2) is 11.3. The van der Waals surface area contributed by atoms with Gasteiger partial charge in [0.05, 0.1) is 11.5 Å². The predicted molar refractivity (Wildman–Crippen MR) is 131 cm³/mol. The van der Waals surface area contributed by atoms with Crippen LogP contribution in [0.3, 0.4) is 0 Å². The molecular weight excluding hydrogens is 455 g/mol. The molecule has 34 heavy (non-hydrogen) atoms. The highest BCUT2D eigenvalue weighted by Crippen LogP contribution is 2.38. The number of carbonyl (C=O) groups excluding carboxylic acids is 2. The molecule has 1 saturated carbocycles. The number of amides is 1. The Balaban J connectivity index is 1.55. The summed E-state index contributed by atoms with van der Waals surface area (Å²) in [6.45, 7) is 1.89. The summed E-state index contributed by atoms with van der Waals surface area (Å²) in [6, 6.07) is 13.5. The summed E-state index contributed by atoms with van der Waals surface area (Å²) in [5.41, 5.74) is 1.04. The molecule has 0 atom stereocenters. The van der Waals surface area contributed by atoms with Crippen molar-refractivity contribution in [3.63, 3.8) is 0 Å². The molecule has 1 aliphatic heterocycles. The first-order valence-corrected chi connectivity index (χ1v) is 12.3. The van der Waals surface area contributed by atoms with Crippen LogP contribution >= 0.6 is 11.8 Å². The molecule has 4 rings (SSSR count). The van der Waals surface area contributed by atoms with E-state index < -0.39 is 11.8 Å². The van der Waals surface area contributed by atoms with Crippen molar-refractivity contribution in [2.24, 2.45) is 4.99 Å². The van der Waals surface area contributed by atoms with Gasteiger partial charge in [-0.2, -0.15) is 0 Å². The second-order valence-corrected chi connectivity index (χ2v) is 9.10. The molecule has 0 N–H and O–H groups in total. The molecule has 6 nitrogen and oxygen atoms in total. The molecule has 2 aromatic carbocycles. The molecule has 0 bridgehead atoms. The van der Waals surface area contributed by atoms with Gasteiger partial charge in [0.2, 0.25) is 0 Å². The highest BCUT2D eigenvalue weighted by Gasteiger charge is 2.38. The number of hydrogen-bond donors (Lipinski definition) is 0. The smallest absolute Gasteiger partial charge is 0.344 e. The minimum absolute atomic E-state index is 0.0730. The lowest BCUT2D eigenvalue weighted by Crippen LogP contribution is -2.40. The van der Waals surface area contributed by atoms with Crippen LogP contribution in [0.15, 0.2) is 58.4 Å². The lowest BCUT2D eigenvalue weighted by atomic mass is 9.94. The van der Waals surface area contributed by atoms with Crippen molar-refractivity contribution in [1.82, 2.24) is 4.90 Å². The largest absolute Gasteiger partial charge is 0.482 e.